The zero-order valence-corrected chi connectivity index (χ0v) is 19.7. The van der Waals surface area contributed by atoms with Gasteiger partial charge in [0.15, 0.2) is 0 Å². The van der Waals surface area contributed by atoms with E-state index in [1.54, 1.807) is 29.6 Å². The highest BCUT2D eigenvalue weighted by atomic mass is 32.2. The summed E-state index contributed by atoms with van der Waals surface area (Å²) in [5.41, 5.74) is 1.98. The predicted molar refractivity (Wildman–Crippen MR) is 125 cm³/mol. The van der Waals surface area contributed by atoms with Crippen LogP contribution in [0.3, 0.4) is 0 Å². The number of benzene rings is 1. The molecule has 6 nitrogen and oxygen atoms in total. The molecule has 0 radical (unpaired) electrons. The van der Waals surface area contributed by atoms with Gasteiger partial charge in [-0.2, -0.15) is 4.72 Å². The van der Waals surface area contributed by atoms with Crippen molar-refractivity contribution in [3.05, 3.63) is 47.1 Å². The van der Waals surface area contributed by atoms with Crippen LogP contribution in [0.1, 0.15) is 44.1 Å². The van der Waals surface area contributed by atoms with Crippen LogP contribution in [0.4, 0.5) is 10.1 Å². The zero-order chi connectivity index (χ0) is 22.6. The molecule has 1 atom stereocenters. The standard InChI is InChI=1S/C23H30FN3O3S2/c24-19-8-9-21-18(16-19)10-12-27(21)13-11-25-23(28)20(15-17-5-2-1-3-6-17)26-32(29,30)22-7-4-14-31-22/h4,7-9,14,16-17,20,26H,1-3,5-6,10-13,15H2,(H,25,28)/t20-/m0/s1. The van der Waals surface area contributed by atoms with E-state index < -0.39 is 16.1 Å². The van der Waals surface area contributed by atoms with Crippen LogP contribution in [0.15, 0.2) is 39.9 Å². The number of carbonyl (C=O) groups excluding carboxylic acids is 1. The molecule has 1 aromatic carbocycles. The average Bonchev–Trinajstić information content (AvgIpc) is 3.45. The number of sulfonamides is 1. The third-order valence-electron chi connectivity index (χ3n) is 6.38. The van der Waals surface area contributed by atoms with Gasteiger partial charge < -0.3 is 10.2 Å². The maximum atomic E-state index is 13.4. The molecule has 1 amide bonds. The summed E-state index contributed by atoms with van der Waals surface area (Å²) in [6, 6.07) is 7.25. The summed E-state index contributed by atoms with van der Waals surface area (Å²) < 4.78 is 41.9. The minimum atomic E-state index is -3.73. The first-order valence-electron chi connectivity index (χ1n) is 11.3. The Hall–Kier alpha value is -1.97. The molecule has 4 rings (SSSR count). The van der Waals surface area contributed by atoms with Gasteiger partial charge in [-0.05, 0) is 54.0 Å². The van der Waals surface area contributed by atoms with Gasteiger partial charge in [-0.25, -0.2) is 12.8 Å². The maximum absolute atomic E-state index is 13.4. The van der Waals surface area contributed by atoms with Crippen LogP contribution in [0.25, 0.3) is 0 Å². The van der Waals surface area contributed by atoms with Gasteiger partial charge in [-0.3, -0.25) is 4.79 Å². The number of nitrogens with one attached hydrogen (secondary N) is 2. The zero-order valence-electron chi connectivity index (χ0n) is 18.1. The maximum Gasteiger partial charge on any atom is 0.250 e. The van der Waals surface area contributed by atoms with Crippen LogP contribution in [-0.2, 0) is 21.2 Å². The van der Waals surface area contributed by atoms with Crippen molar-refractivity contribution in [2.75, 3.05) is 24.5 Å². The monoisotopic (exact) mass is 479 g/mol. The Bertz CT molecular complexity index is 1020. The van der Waals surface area contributed by atoms with E-state index in [0.29, 0.717) is 25.4 Å². The Kier molecular flexibility index (Phi) is 7.48. The lowest BCUT2D eigenvalue weighted by molar-refractivity contribution is -0.123. The molecular weight excluding hydrogens is 449 g/mol. The first-order valence-corrected chi connectivity index (χ1v) is 13.7. The number of rotatable bonds is 9. The van der Waals surface area contributed by atoms with Crippen molar-refractivity contribution in [1.82, 2.24) is 10.0 Å². The number of halogens is 1. The molecule has 1 saturated carbocycles. The van der Waals surface area contributed by atoms with E-state index in [9.17, 15) is 17.6 Å². The lowest BCUT2D eigenvalue weighted by Crippen LogP contribution is -2.49. The topological polar surface area (TPSA) is 78.5 Å². The fourth-order valence-corrected chi connectivity index (χ4v) is 6.95. The van der Waals surface area contributed by atoms with Crippen molar-refractivity contribution < 1.29 is 17.6 Å². The van der Waals surface area contributed by atoms with E-state index in [1.807, 2.05) is 0 Å². The number of hydrogen-bond donors (Lipinski definition) is 2. The Labute approximate surface area is 193 Å². The van der Waals surface area contributed by atoms with Crippen LogP contribution in [-0.4, -0.2) is 40.0 Å². The second-order valence-corrected chi connectivity index (χ2v) is 11.5. The van der Waals surface area contributed by atoms with Gasteiger partial charge in [-0.1, -0.05) is 38.2 Å². The highest BCUT2D eigenvalue weighted by Gasteiger charge is 2.29. The summed E-state index contributed by atoms with van der Waals surface area (Å²) in [6.45, 7) is 1.78. The summed E-state index contributed by atoms with van der Waals surface area (Å²) in [7, 11) is -3.73. The SMILES string of the molecule is O=C(NCCN1CCc2cc(F)ccc21)[C@H](CC1CCCCC1)NS(=O)(=O)c1cccs1. The molecule has 2 heterocycles. The lowest BCUT2D eigenvalue weighted by atomic mass is 9.85. The van der Waals surface area contributed by atoms with Gasteiger partial charge in [0.25, 0.3) is 10.0 Å². The molecular formula is C23H30FN3O3S2. The highest BCUT2D eigenvalue weighted by molar-refractivity contribution is 7.91. The Balaban J connectivity index is 1.37. The molecule has 0 spiro atoms. The van der Waals surface area contributed by atoms with Gasteiger partial charge in [0.1, 0.15) is 16.1 Å². The summed E-state index contributed by atoms with van der Waals surface area (Å²) in [4.78, 5) is 15.2. The molecule has 1 aliphatic carbocycles. The average molecular weight is 480 g/mol. The van der Waals surface area contributed by atoms with Crippen molar-refractivity contribution in [2.24, 2.45) is 5.92 Å². The van der Waals surface area contributed by atoms with Crippen LogP contribution in [0, 0.1) is 11.7 Å². The molecule has 9 heteroatoms. The number of thiophene rings is 1. The number of anilines is 1. The third-order valence-corrected chi connectivity index (χ3v) is 9.25. The minimum absolute atomic E-state index is 0.222. The molecule has 0 bridgehead atoms. The molecule has 2 aliphatic rings. The number of fused-ring (bicyclic) bond motifs is 1. The van der Waals surface area contributed by atoms with Gasteiger partial charge in [0.2, 0.25) is 5.91 Å². The second kappa shape index (κ2) is 10.3. The van der Waals surface area contributed by atoms with Gasteiger partial charge in [-0.15, -0.1) is 11.3 Å². The van der Waals surface area contributed by atoms with E-state index in [1.165, 1.54) is 12.5 Å². The molecule has 2 N–H and O–H groups in total. The largest absolute Gasteiger partial charge is 0.369 e. The fourth-order valence-electron chi connectivity index (χ4n) is 4.73. The number of carbonyl (C=O) groups is 1. The molecule has 0 unspecified atom stereocenters. The number of amides is 1. The van der Waals surface area contributed by atoms with Crippen molar-refractivity contribution in [3.63, 3.8) is 0 Å². The molecule has 1 fully saturated rings. The Morgan fingerprint density at radius 1 is 1.22 bits per heavy atom. The quantitative estimate of drug-likeness (QED) is 0.575. The van der Waals surface area contributed by atoms with Gasteiger partial charge in [0, 0.05) is 25.3 Å². The van der Waals surface area contributed by atoms with Gasteiger partial charge in [0.05, 0.1) is 0 Å². The minimum Gasteiger partial charge on any atom is -0.369 e. The van der Waals surface area contributed by atoms with Crippen molar-refractivity contribution >= 4 is 33.0 Å². The van der Waals surface area contributed by atoms with E-state index in [4.69, 9.17) is 0 Å². The van der Waals surface area contributed by atoms with Crippen LogP contribution in [0.2, 0.25) is 0 Å². The Morgan fingerprint density at radius 3 is 2.78 bits per heavy atom. The fraction of sp³-hybridized carbons (Fsp3) is 0.522. The molecule has 2 aromatic rings. The van der Waals surface area contributed by atoms with E-state index >= 15 is 0 Å². The third kappa shape index (κ3) is 5.68. The molecule has 1 aliphatic heterocycles. The van der Waals surface area contributed by atoms with Crippen LogP contribution >= 0.6 is 11.3 Å². The summed E-state index contributed by atoms with van der Waals surface area (Å²) in [5, 5.41) is 4.64. The van der Waals surface area contributed by atoms with Gasteiger partial charge >= 0.3 is 0 Å². The van der Waals surface area contributed by atoms with E-state index in [2.05, 4.69) is 14.9 Å². The van der Waals surface area contributed by atoms with Crippen molar-refractivity contribution in [1.29, 1.82) is 0 Å². The van der Waals surface area contributed by atoms with Crippen LogP contribution in [0.5, 0.6) is 0 Å². The molecule has 1 aromatic heterocycles. The Morgan fingerprint density at radius 2 is 2.03 bits per heavy atom. The molecule has 0 saturated heterocycles. The highest BCUT2D eigenvalue weighted by Crippen LogP contribution is 2.29. The van der Waals surface area contributed by atoms with E-state index in [-0.39, 0.29) is 15.9 Å². The summed E-state index contributed by atoms with van der Waals surface area (Å²) in [5.74, 6) is -0.164. The van der Waals surface area contributed by atoms with Crippen LogP contribution < -0.4 is 14.9 Å². The number of hydrogen-bond acceptors (Lipinski definition) is 5. The van der Waals surface area contributed by atoms with Crippen molar-refractivity contribution in [3.8, 4) is 0 Å². The molecule has 32 heavy (non-hydrogen) atoms. The molecule has 174 valence electrons. The predicted octanol–water partition coefficient (Wildman–Crippen LogP) is 3.68. The second-order valence-electron chi connectivity index (χ2n) is 8.65. The lowest BCUT2D eigenvalue weighted by Gasteiger charge is -2.27. The van der Waals surface area contributed by atoms with E-state index in [0.717, 1.165) is 61.2 Å². The van der Waals surface area contributed by atoms with Crippen molar-refractivity contribution in [2.45, 2.75) is 55.2 Å². The summed E-state index contributed by atoms with van der Waals surface area (Å²) >= 11 is 1.14. The number of nitrogens with zero attached hydrogens (tertiary/aromatic N) is 1. The summed E-state index contributed by atoms with van der Waals surface area (Å²) in [6.07, 6.45) is 6.83. The normalized spacial score (nSPS) is 17.8. The first-order chi connectivity index (χ1) is 15.4. The first kappa shape index (κ1) is 23.2. The smallest absolute Gasteiger partial charge is 0.250 e.